The van der Waals surface area contributed by atoms with Crippen molar-refractivity contribution < 1.29 is 9.21 Å². The summed E-state index contributed by atoms with van der Waals surface area (Å²) in [5, 5.41) is 4.48. The lowest BCUT2D eigenvalue weighted by atomic mass is 10.2. The topological polar surface area (TPSA) is 73.3 Å². The van der Waals surface area contributed by atoms with Crippen molar-refractivity contribution in [2.45, 2.75) is 39.3 Å². The van der Waals surface area contributed by atoms with Gasteiger partial charge in [-0.15, -0.1) is 0 Å². The third-order valence-electron chi connectivity index (χ3n) is 4.70. The molecule has 1 amide bonds. The van der Waals surface area contributed by atoms with E-state index < -0.39 is 0 Å². The van der Waals surface area contributed by atoms with Gasteiger partial charge in [-0.3, -0.25) is 9.36 Å². The fraction of sp³-hybridized carbons (Fsp3) is 0.562. The van der Waals surface area contributed by atoms with Gasteiger partial charge in [-0.2, -0.15) is 5.10 Å². The van der Waals surface area contributed by atoms with Crippen LogP contribution in [0.2, 0.25) is 0 Å². The van der Waals surface area contributed by atoms with E-state index in [-0.39, 0.29) is 11.6 Å². The number of aromatic nitrogens is 3. The van der Waals surface area contributed by atoms with E-state index in [1.807, 2.05) is 0 Å². The van der Waals surface area contributed by atoms with Crippen molar-refractivity contribution in [2.24, 2.45) is 5.92 Å². The lowest BCUT2D eigenvalue weighted by molar-refractivity contribution is 0.0756. The molecule has 2 aromatic rings. The summed E-state index contributed by atoms with van der Waals surface area (Å²) in [6.07, 6.45) is 4.53. The van der Waals surface area contributed by atoms with E-state index in [2.05, 4.69) is 5.10 Å². The van der Waals surface area contributed by atoms with Crippen LogP contribution in [0.5, 0.6) is 0 Å². The molecule has 0 spiro atoms. The minimum Gasteiger partial charge on any atom is -0.469 e. The molecule has 1 aliphatic heterocycles. The molecule has 2 aromatic heterocycles. The van der Waals surface area contributed by atoms with Gasteiger partial charge in [-0.25, -0.2) is 9.48 Å². The highest BCUT2D eigenvalue weighted by Crippen LogP contribution is 2.29. The number of amides is 1. The maximum atomic E-state index is 12.6. The second-order valence-corrected chi connectivity index (χ2v) is 6.41. The Hall–Kier alpha value is -2.31. The number of nitrogens with zero attached hydrogens (tertiary/aromatic N) is 4. The molecule has 1 saturated carbocycles. The molecule has 1 aliphatic carbocycles. The predicted octanol–water partition coefficient (Wildman–Crippen LogP) is 1.05. The summed E-state index contributed by atoms with van der Waals surface area (Å²) in [5.74, 6) is 1.99. The van der Waals surface area contributed by atoms with Gasteiger partial charge in [0.15, 0.2) is 0 Å². The van der Waals surface area contributed by atoms with E-state index in [4.69, 9.17) is 4.42 Å². The van der Waals surface area contributed by atoms with Gasteiger partial charge < -0.3 is 9.32 Å². The minimum atomic E-state index is -0.0414. The maximum absolute atomic E-state index is 12.6. The monoisotopic (exact) mass is 316 g/mol. The Morgan fingerprint density at radius 3 is 2.87 bits per heavy atom. The Bertz CT molecular complexity index is 797. The zero-order valence-corrected chi connectivity index (χ0v) is 13.2. The van der Waals surface area contributed by atoms with Crippen LogP contribution < -0.4 is 5.69 Å². The Labute approximate surface area is 133 Å². The lowest BCUT2D eigenvalue weighted by Crippen LogP contribution is -2.35. The highest BCUT2D eigenvalue weighted by Gasteiger charge is 2.27. The number of hydrogen-bond acceptors (Lipinski definition) is 4. The molecule has 23 heavy (non-hydrogen) atoms. The van der Waals surface area contributed by atoms with Crippen molar-refractivity contribution in [3.05, 3.63) is 40.0 Å². The summed E-state index contributed by atoms with van der Waals surface area (Å²) < 4.78 is 8.54. The maximum Gasteiger partial charge on any atom is 0.345 e. The Kier molecular flexibility index (Phi) is 3.36. The van der Waals surface area contributed by atoms with Gasteiger partial charge in [-0.05, 0) is 31.7 Å². The SMILES string of the molecule is Cc1occc1C(=O)N1CCc2nn(CC3CC3)c(=O)n2CC1. The van der Waals surface area contributed by atoms with Crippen LogP contribution in [0.25, 0.3) is 0 Å². The molecule has 0 radical (unpaired) electrons. The largest absolute Gasteiger partial charge is 0.469 e. The van der Waals surface area contributed by atoms with E-state index in [1.54, 1.807) is 27.1 Å². The predicted molar refractivity (Wildman–Crippen MR) is 82.3 cm³/mol. The molecule has 1 fully saturated rings. The van der Waals surface area contributed by atoms with Crippen LogP contribution in [0.1, 0.15) is 34.8 Å². The standard InChI is InChI=1S/C16H20N4O3/c1-11-13(5-9-23-11)15(21)18-6-4-14-17-20(10-12-2-3-12)16(22)19(14)8-7-18/h5,9,12H,2-4,6-8,10H2,1H3. The molecule has 2 aliphatic rings. The average molecular weight is 316 g/mol. The van der Waals surface area contributed by atoms with Crippen molar-refractivity contribution in [1.29, 1.82) is 0 Å². The summed E-state index contributed by atoms with van der Waals surface area (Å²) in [6.45, 7) is 4.11. The van der Waals surface area contributed by atoms with Crippen LogP contribution in [0.4, 0.5) is 0 Å². The molecule has 0 atom stereocenters. The van der Waals surface area contributed by atoms with Gasteiger partial charge in [0.25, 0.3) is 5.91 Å². The first kappa shape index (κ1) is 14.3. The number of carbonyl (C=O) groups excluding carboxylic acids is 1. The van der Waals surface area contributed by atoms with E-state index in [1.165, 1.54) is 19.1 Å². The fourth-order valence-corrected chi connectivity index (χ4v) is 3.11. The zero-order valence-electron chi connectivity index (χ0n) is 13.2. The lowest BCUT2D eigenvalue weighted by Gasteiger charge is -2.19. The number of fused-ring (bicyclic) bond motifs is 1. The van der Waals surface area contributed by atoms with Crippen LogP contribution in [0.15, 0.2) is 21.5 Å². The van der Waals surface area contributed by atoms with E-state index in [0.29, 0.717) is 43.3 Å². The van der Waals surface area contributed by atoms with Gasteiger partial charge in [0, 0.05) is 32.6 Å². The van der Waals surface area contributed by atoms with Gasteiger partial charge in [0.2, 0.25) is 0 Å². The van der Waals surface area contributed by atoms with E-state index in [9.17, 15) is 9.59 Å². The summed E-state index contributed by atoms with van der Waals surface area (Å²) in [5.41, 5.74) is 0.552. The molecule has 7 nitrogen and oxygen atoms in total. The van der Waals surface area contributed by atoms with Crippen molar-refractivity contribution in [3.63, 3.8) is 0 Å². The van der Waals surface area contributed by atoms with Crippen LogP contribution in [-0.2, 0) is 19.5 Å². The first-order valence-corrected chi connectivity index (χ1v) is 8.13. The highest BCUT2D eigenvalue weighted by atomic mass is 16.3. The summed E-state index contributed by atoms with van der Waals surface area (Å²) >= 11 is 0. The van der Waals surface area contributed by atoms with Gasteiger partial charge >= 0.3 is 5.69 Å². The molecular weight excluding hydrogens is 296 g/mol. The summed E-state index contributed by atoms with van der Waals surface area (Å²) in [6, 6.07) is 1.70. The number of hydrogen-bond donors (Lipinski definition) is 0. The number of furan rings is 1. The molecule has 0 unspecified atom stereocenters. The van der Waals surface area contributed by atoms with Crippen LogP contribution in [-0.4, -0.2) is 38.2 Å². The molecular formula is C16H20N4O3. The number of carbonyl (C=O) groups is 1. The van der Waals surface area contributed by atoms with Crippen molar-refractivity contribution in [1.82, 2.24) is 19.2 Å². The minimum absolute atomic E-state index is 0.0410. The molecule has 122 valence electrons. The molecule has 7 heteroatoms. The smallest absolute Gasteiger partial charge is 0.345 e. The second kappa shape index (κ2) is 5.40. The first-order valence-electron chi connectivity index (χ1n) is 8.13. The summed E-state index contributed by atoms with van der Waals surface area (Å²) in [4.78, 5) is 26.8. The van der Waals surface area contributed by atoms with E-state index >= 15 is 0 Å². The normalized spacial score (nSPS) is 17.9. The van der Waals surface area contributed by atoms with Crippen molar-refractivity contribution >= 4 is 5.91 Å². The first-order chi connectivity index (χ1) is 11.1. The summed E-state index contributed by atoms with van der Waals surface area (Å²) in [7, 11) is 0. The second-order valence-electron chi connectivity index (χ2n) is 6.41. The Morgan fingerprint density at radius 2 is 2.17 bits per heavy atom. The third kappa shape index (κ3) is 2.60. The van der Waals surface area contributed by atoms with Crippen LogP contribution in [0.3, 0.4) is 0 Å². The molecule has 0 aromatic carbocycles. The van der Waals surface area contributed by atoms with Gasteiger partial charge in [-0.1, -0.05) is 0 Å². The number of aryl methyl sites for hydroxylation is 1. The van der Waals surface area contributed by atoms with Crippen molar-refractivity contribution in [2.75, 3.05) is 13.1 Å². The molecule has 3 heterocycles. The highest BCUT2D eigenvalue weighted by molar-refractivity contribution is 5.95. The number of rotatable bonds is 3. The van der Waals surface area contributed by atoms with Crippen LogP contribution >= 0.6 is 0 Å². The van der Waals surface area contributed by atoms with Gasteiger partial charge in [0.05, 0.1) is 11.8 Å². The van der Waals surface area contributed by atoms with Crippen LogP contribution in [0, 0.1) is 12.8 Å². The Balaban J connectivity index is 1.52. The molecule has 0 N–H and O–H groups in total. The Morgan fingerprint density at radius 1 is 1.35 bits per heavy atom. The van der Waals surface area contributed by atoms with Crippen molar-refractivity contribution in [3.8, 4) is 0 Å². The fourth-order valence-electron chi connectivity index (χ4n) is 3.11. The molecule has 4 rings (SSSR count). The molecule has 0 saturated heterocycles. The average Bonchev–Trinajstić information content (AvgIpc) is 3.23. The van der Waals surface area contributed by atoms with Gasteiger partial charge in [0.1, 0.15) is 11.6 Å². The third-order valence-corrected chi connectivity index (χ3v) is 4.70. The molecule has 0 bridgehead atoms. The quantitative estimate of drug-likeness (QED) is 0.848. The zero-order chi connectivity index (χ0) is 16.0. The van der Waals surface area contributed by atoms with E-state index in [0.717, 1.165) is 12.4 Å².